The Morgan fingerprint density at radius 3 is 1.88 bits per heavy atom. The topological polar surface area (TPSA) is 50.8 Å². The Kier molecular flexibility index (Phi) is 7.44. The molecule has 0 saturated heterocycles. The van der Waals surface area contributed by atoms with Crippen molar-refractivity contribution in [2.45, 2.75) is 39.9 Å². The van der Waals surface area contributed by atoms with Gasteiger partial charge in [0.15, 0.2) is 0 Å². The maximum absolute atomic E-state index is 12.2. The van der Waals surface area contributed by atoms with Gasteiger partial charge in [-0.1, -0.05) is 0 Å². The van der Waals surface area contributed by atoms with Gasteiger partial charge in [-0.15, -0.1) is 0 Å². The Morgan fingerprint density at radius 2 is 1.56 bits per heavy atom. The van der Waals surface area contributed by atoms with Crippen molar-refractivity contribution in [3.63, 3.8) is 0 Å². The van der Waals surface area contributed by atoms with Gasteiger partial charge in [0.1, 0.15) is 0 Å². The molecule has 0 atom stereocenters. The second-order valence-electron chi connectivity index (χ2n) is 4.52. The maximum atomic E-state index is 12.2. The first-order valence-corrected chi connectivity index (χ1v) is 7.16. The van der Waals surface area contributed by atoms with E-state index in [9.17, 15) is 4.57 Å². The molecular weight excluding hydrogens is 227 g/mol. The third-order valence-electron chi connectivity index (χ3n) is 1.56. The lowest BCUT2D eigenvalue weighted by Crippen LogP contribution is -2.27. The van der Waals surface area contributed by atoms with Gasteiger partial charge in [0.2, 0.25) is 0 Å². The first-order chi connectivity index (χ1) is 7.25. The van der Waals surface area contributed by atoms with E-state index in [1.807, 2.05) is 46.7 Å². The first-order valence-electron chi connectivity index (χ1n) is 5.62. The van der Waals surface area contributed by atoms with Crippen LogP contribution in [0, 0.1) is 0 Å². The zero-order chi connectivity index (χ0) is 12.8. The summed E-state index contributed by atoms with van der Waals surface area (Å²) in [4.78, 5) is 2.00. The highest BCUT2D eigenvalue weighted by molar-refractivity contribution is 7.51. The van der Waals surface area contributed by atoms with Crippen LogP contribution in [0.3, 0.4) is 0 Å². The quantitative estimate of drug-likeness (QED) is 0.670. The lowest BCUT2D eigenvalue weighted by molar-refractivity contribution is 0.135. The van der Waals surface area contributed by atoms with Gasteiger partial charge in [-0.3, -0.25) is 9.05 Å². The Hall–Kier alpha value is 0.0700. The van der Waals surface area contributed by atoms with Crippen LogP contribution >= 0.6 is 7.75 Å². The van der Waals surface area contributed by atoms with Gasteiger partial charge < -0.3 is 4.90 Å². The Morgan fingerprint density at radius 1 is 1.12 bits per heavy atom. The van der Waals surface area contributed by atoms with Crippen molar-refractivity contribution in [1.82, 2.24) is 9.99 Å². The summed E-state index contributed by atoms with van der Waals surface area (Å²) >= 11 is 0. The number of hydrogen-bond acceptors (Lipinski definition) is 4. The lowest BCUT2D eigenvalue weighted by Gasteiger charge is -2.23. The molecule has 0 amide bonds. The van der Waals surface area contributed by atoms with Crippen LogP contribution in [-0.2, 0) is 13.6 Å². The second kappa shape index (κ2) is 7.41. The smallest absolute Gasteiger partial charge is 0.308 e. The van der Waals surface area contributed by atoms with Crippen molar-refractivity contribution >= 4 is 7.75 Å². The molecule has 0 bridgehead atoms. The molecule has 98 valence electrons. The molecule has 0 heterocycles. The molecule has 0 aromatic carbocycles. The average molecular weight is 252 g/mol. The molecule has 1 N–H and O–H groups in total. The fourth-order valence-corrected chi connectivity index (χ4v) is 2.75. The molecule has 0 aromatic rings. The van der Waals surface area contributed by atoms with Gasteiger partial charge >= 0.3 is 7.75 Å². The van der Waals surface area contributed by atoms with E-state index in [1.54, 1.807) is 0 Å². The largest absolute Gasteiger partial charge is 0.406 e. The fourth-order valence-electron chi connectivity index (χ4n) is 1.07. The Labute approximate surface area is 99.1 Å². The molecule has 0 fully saturated rings. The molecular formula is C10H25N2O3P. The van der Waals surface area contributed by atoms with E-state index in [-0.39, 0.29) is 12.2 Å². The summed E-state index contributed by atoms with van der Waals surface area (Å²) in [6, 6.07) is 0. The summed E-state index contributed by atoms with van der Waals surface area (Å²) in [7, 11) is 0.751. The molecule has 0 aromatic heterocycles. The van der Waals surface area contributed by atoms with Gasteiger partial charge in [0.05, 0.1) is 12.2 Å². The van der Waals surface area contributed by atoms with Gasteiger partial charge in [-0.2, -0.15) is 0 Å². The second-order valence-corrected chi connectivity index (χ2v) is 6.25. The summed E-state index contributed by atoms with van der Waals surface area (Å²) in [5.41, 5.74) is 0. The van der Waals surface area contributed by atoms with E-state index in [1.165, 1.54) is 0 Å². The van der Waals surface area contributed by atoms with Crippen LogP contribution in [0.2, 0.25) is 0 Å². The fraction of sp³-hybridized carbons (Fsp3) is 1.00. The highest BCUT2D eigenvalue weighted by atomic mass is 31.2. The van der Waals surface area contributed by atoms with Gasteiger partial charge in [0.25, 0.3) is 0 Å². The van der Waals surface area contributed by atoms with E-state index in [2.05, 4.69) is 5.09 Å². The van der Waals surface area contributed by atoms with E-state index < -0.39 is 7.75 Å². The summed E-state index contributed by atoms with van der Waals surface area (Å²) in [5, 5.41) is 2.86. The van der Waals surface area contributed by atoms with Gasteiger partial charge in [-0.05, 0) is 41.8 Å². The molecule has 0 saturated carbocycles. The maximum Gasteiger partial charge on any atom is 0.406 e. The minimum atomic E-state index is -3.16. The molecule has 0 rings (SSSR count). The molecule has 0 aliphatic carbocycles. The van der Waals surface area contributed by atoms with Crippen molar-refractivity contribution < 1.29 is 13.6 Å². The molecule has 0 aliphatic rings. The van der Waals surface area contributed by atoms with Crippen molar-refractivity contribution in [2.24, 2.45) is 0 Å². The summed E-state index contributed by atoms with van der Waals surface area (Å²) < 4.78 is 22.9. The number of nitrogens with one attached hydrogen (secondary N) is 1. The molecule has 0 spiro atoms. The normalized spacial score (nSPS) is 13.1. The van der Waals surface area contributed by atoms with Crippen LogP contribution in [0.5, 0.6) is 0 Å². The van der Waals surface area contributed by atoms with Crippen molar-refractivity contribution in [1.29, 1.82) is 0 Å². The molecule has 0 unspecified atom stereocenters. The molecule has 0 radical (unpaired) electrons. The average Bonchev–Trinajstić information content (AvgIpc) is 1.98. The standard InChI is InChI=1S/C10H25N2O3P/c1-9(2)14-16(13,15-10(3)4)11-7-8-12(5)6/h9-10H,7-8H2,1-6H3,(H,11,13). The molecule has 16 heavy (non-hydrogen) atoms. The lowest BCUT2D eigenvalue weighted by atomic mass is 10.5. The molecule has 0 aliphatic heterocycles. The number of hydrogen-bond donors (Lipinski definition) is 1. The van der Waals surface area contributed by atoms with Gasteiger partial charge in [-0.25, -0.2) is 9.65 Å². The minimum absolute atomic E-state index is 0.128. The predicted octanol–water partition coefficient (Wildman–Crippen LogP) is 2.10. The number of rotatable bonds is 8. The van der Waals surface area contributed by atoms with E-state index >= 15 is 0 Å². The third-order valence-corrected chi connectivity index (χ3v) is 3.57. The highest BCUT2D eigenvalue weighted by Gasteiger charge is 2.26. The van der Waals surface area contributed by atoms with Crippen molar-refractivity contribution in [2.75, 3.05) is 27.2 Å². The van der Waals surface area contributed by atoms with Crippen molar-refractivity contribution in [3.8, 4) is 0 Å². The predicted molar refractivity (Wildman–Crippen MR) is 66.6 cm³/mol. The van der Waals surface area contributed by atoms with E-state index in [4.69, 9.17) is 9.05 Å². The third kappa shape index (κ3) is 8.25. The Bertz CT molecular complexity index is 218. The Balaban J connectivity index is 4.25. The number of nitrogens with zero attached hydrogens (tertiary/aromatic N) is 1. The van der Waals surface area contributed by atoms with Crippen LogP contribution in [0.1, 0.15) is 27.7 Å². The summed E-state index contributed by atoms with van der Waals surface area (Å²) in [6.07, 6.45) is -0.257. The summed E-state index contributed by atoms with van der Waals surface area (Å²) in [5.74, 6) is 0. The van der Waals surface area contributed by atoms with Crippen LogP contribution in [0.4, 0.5) is 0 Å². The minimum Gasteiger partial charge on any atom is -0.308 e. The van der Waals surface area contributed by atoms with Crippen LogP contribution < -0.4 is 5.09 Å². The van der Waals surface area contributed by atoms with E-state index in [0.29, 0.717) is 6.54 Å². The molecule has 5 nitrogen and oxygen atoms in total. The van der Waals surface area contributed by atoms with Gasteiger partial charge in [0, 0.05) is 13.1 Å². The first kappa shape index (κ1) is 16.1. The zero-order valence-electron chi connectivity index (χ0n) is 11.2. The van der Waals surface area contributed by atoms with Crippen LogP contribution in [0.15, 0.2) is 0 Å². The molecule has 6 heteroatoms. The number of likely N-dealkylation sites (N-methyl/N-ethyl adjacent to an activating group) is 1. The van der Waals surface area contributed by atoms with E-state index in [0.717, 1.165) is 6.54 Å². The van der Waals surface area contributed by atoms with Crippen molar-refractivity contribution in [3.05, 3.63) is 0 Å². The van der Waals surface area contributed by atoms with Crippen LogP contribution in [-0.4, -0.2) is 44.3 Å². The monoisotopic (exact) mass is 252 g/mol. The van der Waals surface area contributed by atoms with Crippen LogP contribution in [0.25, 0.3) is 0 Å². The summed E-state index contributed by atoms with van der Waals surface area (Å²) in [6.45, 7) is 8.71. The zero-order valence-corrected chi connectivity index (χ0v) is 12.1. The highest BCUT2D eigenvalue weighted by Crippen LogP contribution is 2.45. The SMILES string of the molecule is CC(C)OP(=O)(NCCN(C)C)OC(C)C.